The molecule has 0 radical (unpaired) electrons. The Kier molecular flexibility index (Phi) is 6.82. The molecule has 1 saturated heterocycles. The van der Waals surface area contributed by atoms with Crippen molar-refractivity contribution in [1.29, 1.82) is 0 Å². The molecule has 1 N–H and O–H groups in total. The molecule has 0 saturated carbocycles. The standard InChI is InChI=1S/C27H26F2N4O2S/c1-17(19-4-8-22(29)9-5-19)30-25(34)20-10-13-32(14-11-20)27-31-23-12-15-36-24(23)26(35)33(27)16-18-2-6-21(28)7-3-18/h2-9,12,15,17,20H,10-11,13-14,16H2,1H3,(H,30,34). The lowest BCUT2D eigenvalue weighted by atomic mass is 9.95. The quantitative estimate of drug-likeness (QED) is 0.403. The minimum absolute atomic E-state index is 0.0311. The summed E-state index contributed by atoms with van der Waals surface area (Å²) < 4.78 is 28.8. The molecule has 1 aliphatic rings. The molecule has 2 aromatic heterocycles. The van der Waals surface area contributed by atoms with Crippen LogP contribution in [0.25, 0.3) is 10.2 Å². The highest BCUT2D eigenvalue weighted by molar-refractivity contribution is 7.17. The van der Waals surface area contributed by atoms with Gasteiger partial charge in [0.25, 0.3) is 5.56 Å². The van der Waals surface area contributed by atoms with Crippen LogP contribution in [0.1, 0.15) is 36.9 Å². The minimum atomic E-state index is -0.327. The zero-order valence-electron chi connectivity index (χ0n) is 19.8. The van der Waals surface area contributed by atoms with Crippen molar-refractivity contribution in [2.45, 2.75) is 32.4 Å². The summed E-state index contributed by atoms with van der Waals surface area (Å²) in [6.45, 7) is 3.32. The van der Waals surface area contributed by atoms with E-state index in [1.165, 1.54) is 35.6 Å². The highest BCUT2D eigenvalue weighted by atomic mass is 32.1. The van der Waals surface area contributed by atoms with Gasteiger partial charge in [-0.25, -0.2) is 13.8 Å². The van der Waals surface area contributed by atoms with E-state index in [1.54, 1.807) is 28.8 Å². The van der Waals surface area contributed by atoms with Gasteiger partial charge in [-0.05, 0) is 66.6 Å². The maximum atomic E-state index is 13.4. The van der Waals surface area contributed by atoms with Crippen molar-refractivity contribution in [2.75, 3.05) is 18.0 Å². The summed E-state index contributed by atoms with van der Waals surface area (Å²) in [5.74, 6) is -0.263. The summed E-state index contributed by atoms with van der Waals surface area (Å²) in [5, 5.41) is 4.89. The third kappa shape index (κ3) is 5.02. The number of aromatic nitrogens is 2. The number of carbonyl (C=O) groups excluding carboxylic acids is 1. The molecule has 0 bridgehead atoms. The number of rotatable bonds is 6. The molecule has 36 heavy (non-hydrogen) atoms. The fourth-order valence-corrected chi connectivity index (χ4v) is 5.37. The van der Waals surface area contributed by atoms with Crippen LogP contribution >= 0.6 is 11.3 Å². The smallest absolute Gasteiger partial charge is 0.273 e. The molecular weight excluding hydrogens is 482 g/mol. The third-order valence-corrected chi connectivity index (χ3v) is 7.57. The molecule has 186 valence electrons. The number of carbonyl (C=O) groups is 1. The van der Waals surface area contributed by atoms with Crippen molar-refractivity contribution in [3.63, 3.8) is 0 Å². The van der Waals surface area contributed by atoms with Gasteiger partial charge < -0.3 is 10.2 Å². The Morgan fingerprint density at radius 3 is 2.36 bits per heavy atom. The summed E-state index contributed by atoms with van der Waals surface area (Å²) in [7, 11) is 0. The average Bonchev–Trinajstić information content (AvgIpc) is 3.36. The van der Waals surface area contributed by atoms with Crippen LogP contribution in [0.2, 0.25) is 0 Å². The van der Waals surface area contributed by atoms with Crippen LogP contribution in [-0.2, 0) is 11.3 Å². The molecule has 2 aromatic carbocycles. The molecule has 1 atom stereocenters. The third-order valence-electron chi connectivity index (χ3n) is 6.68. The molecule has 0 spiro atoms. The van der Waals surface area contributed by atoms with Crippen LogP contribution in [0.5, 0.6) is 0 Å². The summed E-state index contributed by atoms with van der Waals surface area (Å²) in [6, 6.07) is 13.8. The Bertz CT molecular complexity index is 1430. The number of piperidine rings is 1. The molecular formula is C27H26F2N4O2S. The number of hydrogen-bond acceptors (Lipinski definition) is 5. The van der Waals surface area contributed by atoms with Crippen molar-refractivity contribution in [3.8, 4) is 0 Å². The summed E-state index contributed by atoms with van der Waals surface area (Å²) in [5.41, 5.74) is 2.19. The number of halogens is 2. The summed E-state index contributed by atoms with van der Waals surface area (Å²) >= 11 is 1.36. The number of amides is 1. The van der Waals surface area contributed by atoms with E-state index < -0.39 is 0 Å². The van der Waals surface area contributed by atoms with Gasteiger partial charge >= 0.3 is 0 Å². The first kappa shape index (κ1) is 24.1. The van der Waals surface area contributed by atoms with Crippen LogP contribution in [0.3, 0.4) is 0 Å². The van der Waals surface area contributed by atoms with Gasteiger partial charge in [-0.15, -0.1) is 11.3 Å². The van der Waals surface area contributed by atoms with E-state index in [0.717, 1.165) is 11.1 Å². The molecule has 4 aromatic rings. The second kappa shape index (κ2) is 10.2. The second-order valence-corrected chi connectivity index (χ2v) is 10.0. The first-order valence-electron chi connectivity index (χ1n) is 11.9. The Labute approximate surface area is 211 Å². The zero-order chi connectivity index (χ0) is 25.2. The fourth-order valence-electron chi connectivity index (χ4n) is 4.60. The van der Waals surface area contributed by atoms with E-state index in [4.69, 9.17) is 4.98 Å². The fraction of sp³-hybridized carbons (Fsp3) is 0.296. The molecule has 6 nitrogen and oxygen atoms in total. The summed E-state index contributed by atoms with van der Waals surface area (Å²) in [4.78, 5) is 33.1. The van der Waals surface area contributed by atoms with Crippen molar-refractivity contribution in [3.05, 3.63) is 93.1 Å². The SMILES string of the molecule is CC(NC(=O)C1CCN(c2nc3ccsc3c(=O)n2Cc2ccc(F)cc2)CC1)c1ccc(F)cc1. The number of thiophene rings is 1. The van der Waals surface area contributed by atoms with Crippen LogP contribution in [-0.4, -0.2) is 28.5 Å². The van der Waals surface area contributed by atoms with Crippen LogP contribution in [0.15, 0.2) is 64.8 Å². The predicted octanol–water partition coefficient (Wildman–Crippen LogP) is 4.88. The number of nitrogens with zero attached hydrogens (tertiary/aromatic N) is 3. The number of nitrogens with one attached hydrogen (secondary N) is 1. The molecule has 1 aliphatic heterocycles. The number of anilines is 1. The number of benzene rings is 2. The highest BCUT2D eigenvalue weighted by Gasteiger charge is 2.28. The predicted molar refractivity (Wildman–Crippen MR) is 137 cm³/mol. The van der Waals surface area contributed by atoms with Gasteiger partial charge in [0.15, 0.2) is 0 Å². The van der Waals surface area contributed by atoms with E-state index in [-0.39, 0.29) is 41.6 Å². The van der Waals surface area contributed by atoms with Crippen molar-refractivity contribution in [2.24, 2.45) is 5.92 Å². The largest absolute Gasteiger partial charge is 0.349 e. The van der Waals surface area contributed by atoms with Crippen molar-refractivity contribution >= 4 is 33.4 Å². The molecule has 1 unspecified atom stereocenters. The zero-order valence-corrected chi connectivity index (χ0v) is 20.6. The van der Waals surface area contributed by atoms with E-state index in [1.807, 2.05) is 18.4 Å². The van der Waals surface area contributed by atoms with E-state index in [2.05, 4.69) is 10.2 Å². The van der Waals surface area contributed by atoms with Gasteiger partial charge in [0.2, 0.25) is 11.9 Å². The molecule has 3 heterocycles. The first-order valence-corrected chi connectivity index (χ1v) is 12.8. The van der Waals surface area contributed by atoms with Gasteiger partial charge in [-0.2, -0.15) is 0 Å². The Balaban J connectivity index is 1.32. The normalized spacial score (nSPS) is 15.2. The van der Waals surface area contributed by atoms with Crippen LogP contribution in [0.4, 0.5) is 14.7 Å². The van der Waals surface area contributed by atoms with E-state index >= 15 is 0 Å². The second-order valence-electron chi connectivity index (χ2n) is 9.11. The van der Waals surface area contributed by atoms with Crippen molar-refractivity contribution in [1.82, 2.24) is 14.9 Å². The van der Waals surface area contributed by atoms with Gasteiger partial charge in [-0.1, -0.05) is 24.3 Å². The molecule has 1 fully saturated rings. The maximum Gasteiger partial charge on any atom is 0.273 e. The topological polar surface area (TPSA) is 67.2 Å². The number of hydrogen-bond donors (Lipinski definition) is 1. The van der Waals surface area contributed by atoms with Gasteiger partial charge in [-0.3, -0.25) is 14.2 Å². The molecule has 1 amide bonds. The molecule has 0 aliphatic carbocycles. The van der Waals surface area contributed by atoms with Gasteiger partial charge in [0.1, 0.15) is 16.3 Å². The Hall–Kier alpha value is -3.59. The highest BCUT2D eigenvalue weighted by Crippen LogP contribution is 2.26. The average molecular weight is 509 g/mol. The summed E-state index contributed by atoms with van der Waals surface area (Å²) in [6.07, 6.45) is 1.24. The number of fused-ring (bicyclic) bond motifs is 1. The lowest BCUT2D eigenvalue weighted by Gasteiger charge is -2.33. The molecule has 5 rings (SSSR count). The Morgan fingerprint density at radius 1 is 1.06 bits per heavy atom. The van der Waals surface area contributed by atoms with Crippen molar-refractivity contribution < 1.29 is 13.6 Å². The minimum Gasteiger partial charge on any atom is -0.349 e. The van der Waals surface area contributed by atoms with Crippen LogP contribution in [0, 0.1) is 17.6 Å². The van der Waals surface area contributed by atoms with Crippen LogP contribution < -0.4 is 15.8 Å². The maximum absolute atomic E-state index is 13.4. The van der Waals surface area contributed by atoms with Gasteiger partial charge in [0.05, 0.1) is 18.1 Å². The van der Waals surface area contributed by atoms with Gasteiger partial charge in [0, 0.05) is 19.0 Å². The first-order chi connectivity index (χ1) is 17.4. The monoisotopic (exact) mass is 508 g/mol. The molecule has 9 heteroatoms. The lowest BCUT2D eigenvalue weighted by Crippen LogP contribution is -2.43. The Morgan fingerprint density at radius 2 is 1.69 bits per heavy atom. The lowest BCUT2D eigenvalue weighted by molar-refractivity contribution is -0.126. The van der Waals surface area contributed by atoms with E-state index in [9.17, 15) is 18.4 Å². The van der Waals surface area contributed by atoms with E-state index in [0.29, 0.717) is 42.1 Å².